The second kappa shape index (κ2) is 14.7. The van der Waals surface area contributed by atoms with Gasteiger partial charge in [0.2, 0.25) is 0 Å². The van der Waals surface area contributed by atoms with Crippen LogP contribution in [-0.2, 0) is 9.47 Å². The van der Waals surface area contributed by atoms with Crippen LogP contribution in [0.1, 0.15) is 32.6 Å². The van der Waals surface area contributed by atoms with Gasteiger partial charge in [0.05, 0.1) is 12.8 Å². The molecular formula is C23H39IN4O3. The lowest BCUT2D eigenvalue weighted by Crippen LogP contribution is -2.44. The van der Waals surface area contributed by atoms with Crippen LogP contribution in [0.25, 0.3) is 0 Å². The Kier molecular flexibility index (Phi) is 12.4. The van der Waals surface area contributed by atoms with Crippen molar-refractivity contribution in [2.24, 2.45) is 10.9 Å². The first-order valence-electron chi connectivity index (χ1n) is 11.4. The molecule has 0 bridgehead atoms. The molecule has 176 valence electrons. The molecule has 2 saturated heterocycles. The van der Waals surface area contributed by atoms with Gasteiger partial charge < -0.3 is 29.7 Å². The van der Waals surface area contributed by atoms with E-state index >= 15 is 0 Å². The average Bonchev–Trinajstić information content (AvgIpc) is 3.25. The number of hydrogen-bond acceptors (Lipinski definition) is 5. The van der Waals surface area contributed by atoms with Crippen molar-refractivity contribution < 1.29 is 14.2 Å². The minimum Gasteiger partial charge on any atom is -0.495 e. The summed E-state index contributed by atoms with van der Waals surface area (Å²) < 4.78 is 16.8. The van der Waals surface area contributed by atoms with Gasteiger partial charge in [-0.2, -0.15) is 0 Å². The molecule has 0 spiro atoms. The Morgan fingerprint density at radius 2 is 2.03 bits per heavy atom. The normalized spacial score (nSPS) is 19.7. The molecule has 31 heavy (non-hydrogen) atoms. The molecule has 2 N–H and O–H groups in total. The Morgan fingerprint density at radius 3 is 2.81 bits per heavy atom. The molecule has 8 heteroatoms. The van der Waals surface area contributed by atoms with Gasteiger partial charge in [-0.1, -0.05) is 12.1 Å². The second-order valence-corrected chi connectivity index (χ2v) is 7.99. The fourth-order valence-electron chi connectivity index (χ4n) is 4.02. The summed E-state index contributed by atoms with van der Waals surface area (Å²) in [7, 11) is 1.73. The van der Waals surface area contributed by atoms with E-state index in [2.05, 4.69) is 34.6 Å². The highest BCUT2D eigenvalue weighted by molar-refractivity contribution is 14.0. The summed E-state index contributed by atoms with van der Waals surface area (Å²) in [5.41, 5.74) is 1.16. The number of nitrogens with zero attached hydrogens (tertiary/aromatic N) is 2. The van der Waals surface area contributed by atoms with E-state index in [1.807, 2.05) is 12.1 Å². The van der Waals surface area contributed by atoms with Crippen LogP contribution in [0.3, 0.4) is 0 Å². The van der Waals surface area contributed by atoms with E-state index in [0.717, 1.165) is 95.7 Å². The molecule has 1 atom stereocenters. The third kappa shape index (κ3) is 8.65. The standard InChI is InChI=1S/C23H38N4O3.HI/c1-3-24-23(25-12-6-14-30-18-19-10-15-29-16-11-19)26-20-9-13-27(17-20)21-7-4-5-8-22(21)28-2;/h4-5,7-8,19-20H,3,6,9-18H2,1-2H3,(H2,24,25,26);1H. The van der Waals surface area contributed by atoms with Crippen LogP contribution in [0.2, 0.25) is 0 Å². The quantitative estimate of drug-likeness (QED) is 0.203. The first-order chi connectivity index (χ1) is 14.8. The number of halogens is 1. The minimum absolute atomic E-state index is 0. The molecular weight excluding hydrogens is 507 g/mol. The van der Waals surface area contributed by atoms with Crippen molar-refractivity contribution >= 4 is 35.6 Å². The number of methoxy groups -OCH3 is 1. The first-order valence-corrected chi connectivity index (χ1v) is 11.4. The largest absolute Gasteiger partial charge is 0.495 e. The van der Waals surface area contributed by atoms with Crippen molar-refractivity contribution in [2.75, 3.05) is 64.6 Å². The van der Waals surface area contributed by atoms with Crippen molar-refractivity contribution in [3.63, 3.8) is 0 Å². The predicted octanol–water partition coefficient (Wildman–Crippen LogP) is 3.28. The summed E-state index contributed by atoms with van der Waals surface area (Å²) in [5.74, 6) is 2.49. The molecule has 0 saturated carbocycles. The SMILES string of the molecule is CCNC(=NCCCOCC1CCOCC1)NC1CCN(c2ccccc2OC)C1.I. The van der Waals surface area contributed by atoms with E-state index in [1.165, 1.54) is 0 Å². The Hall–Kier alpha value is -1.26. The maximum atomic E-state index is 5.85. The molecule has 2 heterocycles. The number of anilines is 1. The highest BCUT2D eigenvalue weighted by Crippen LogP contribution is 2.30. The summed E-state index contributed by atoms with van der Waals surface area (Å²) in [6, 6.07) is 8.59. The number of ether oxygens (including phenoxy) is 3. The molecule has 0 radical (unpaired) electrons. The second-order valence-electron chi connectivity index (χ2n) is 7.99. The monoisotopic (exact) mass is 546 g/mol. The summed E-state index contributed by atoms with van der Waals surface area (Å²) >= 11 is 0. The van der Waals surface area contributed by atoms with Gasteiger partial charge in [-0.15, -0.1) is 24.0 Å². The molecule has 7 nitrogen and oxygen atoms in total. The lowest BCUT2D eigenvalue weighted by atomic mass is 10.0. The molecule has 2 aliphatic rings. The van der Waals surface area contributed by atoms with Crippen molar-refractivity contribution in [3.8, 4) is 5.75 Å². The van der Waals surface area contributed by atoms with Crippen molar-refractivity contribution in [1.29, 1.82) is 0 Å². The van der Waals surface area contributed by atoms with Crippen LogP contribution in [0.4, 0.5) is 5.69 Å². The van der Waals surface area contributed by atoms with E-state index < -0.39 is 0 Å². The topological polar surface area (TPSA) is 67.4 Å². The molecule has 2 aliphatic heterocycles. The van der Waals surface area contributed by atoms with E-state index in [-0.39, 0.29) is 24.0 Å². The van der Waals surface area contributed by atoms with Gasteiger partial charge in [-0.3, -0.25) is 4.99 Å². The molecule has 0 amide bonds. The molecule has 1 aromatic rings. The highest BCUT2D eigenvalue weighted by atomic mass is 127. The highest BCUT2D eigenvalue weighted by Gasteiger charge is 2.25. The van der Waals surface area contributed by atoms with Gasteiger partial charge in [0.25, 0.3) is 0 Å². The van der Waals surface area contributed by atoms with E-state index in [9.17, 15) is 0 Å². The number of benzene rings is 1. The third-order valence-electron chi connectivity index (χ3n) is 5.71. The van der Waals surface area contributed by atoms with E-state index in [0.29, 0.717) is 12.0 Å². The predicted molar refractivity (Wildman–Crippen MR) is 137 cm³/mol. The number of guanidine groups is 1. The van der Waals surface area contributed by atoms with Crippen LogP contribution in [0, 0.1) is 5.92 Å². The van der Waals surface area contributed by atoms with Crippen molar-refractivity contribution in [1.82, 2.24) is 10.6 Å². The maximum absolute atomic E-state index is 5.85. The van der Waals surface area contributed by atoms with Crippen molar-refractivity contribution in [3.05, 3.63) is 24.3 Å². The third-order valence-corrected chi connectivity index (χ3v) is 5.71. The molecule has 2 fully saturated rings. The summed E-state index contributed by atoms with van der Waals surface area (Å²) in [4.78, 5) is 7.12. The molecule has 0 aromatic heterocycles. The van der Waals surface area contributed by atoms with Gasteiger partial charge in [0, 0.05) is 58.6 Å². The molecule has 1 unspecified atom stereocenters. The van der Waals surface area contributed by atoms with Gasteiger partial charge >= 0.3 is 0 Å². The van der Waals surface area contributed by atoms with Crippen molar-refractivity contribution in [2.45, 2.75) is 38.6 Å². The lowest BCUT2D eigenvalue weighted by molar-refractivity contribution is 0.0205. The summed E-state index contributed by atoms with van der Waals surface area (Å²) in [6.45, 7) is 9.07. The zero-order chi connectivity index (χ0) is 21.0. The molecule has 1 aromatic carbocycles. The average molecular weight is 546 g/mol. The van der Waals surface area contributed by atoms with E-state index in [1.54, 1.807) is 7.11 Å². The van der Waals surface area contributed by atoms with Gasteiger partial charge in [-0.25, -0.2) is 0 Å². The van der Waals surface area contributed by atoms with Crippen LogP contribution in [0.15, 0.2) is 29.3 Å². The van der Waals surface area contributed by atoms with E-state index in [4.69, 9.17) is 19.2 Å². The molecule has 0 aliphatic carbocycles. The minimum atomic E-state index is 0. The Balaban J connectivity index is 0.00000341. The van der Waals surface area contributed by atoms with Gasteiger partial charge in [0.15, 0.2) is 5.96 Å². The zero-order valence-corrected chi connectivity index (χ0v) is 21.3. The maximum Gasteiger partial charge on any atom is 0.191 e. The summed E-state index contributed by atoms with van der Waals surface area (Å²) in [6.07, 6.45) is 4.27. The van der Waals surface area contributed by atoms with Crippen LogP contribution >= 0.6 is 24.0 Å². The van der Waals surface area contributed by atoms with Gasteiger partial charge in [-0.05, 0) is 50.7 Å². The van der Waals surface area contributed by atoms with Gasteiger partial charge in [0.1, 0.15) is 5.75 Å². The number of para-hydroxylation sites is 2. The Morgan fingerprint density at radius 1 is 1.23 bits per heavy atom. The Bertz CT molecular complexity index is 655. The zero-order valence-electron chi connectivity index (χ0n) is 19.0. The Labute approximate surface area is 204 Å². The first kappa shape index (κ1) is 26.0. The number of hydrogen-bond donors (Lipinski definition) is 2. The fraction of sp³-hybridized carbons (Fsp3) is 0.696. The van der Waals surface area contributed by atoms with Crippen LogP contribution in [-0.4, -0.2) is 71.7 Å². The number of rotatable bonds is 10. The number of nitrogens with one attached hydrogen (secondary N) is 2. The smallest absolute Gasteiger partial charge is 0.191 e. The fourth-order valence-corrected chi connectivity index (χ4v) is 4.02. The summed E-state index contributed by atoms with van der Waals surface area (Å²) in [5, 5.41) is 6.97. The lowest BCUT2D eigenvalue weighted by Gasteiger charge is -2.22. The number of aliphatic imine (C=N–C) groups is 1. The van der Waals surface area contributed by atoms with Crippen LogP contribution < -0.4 is 20.3 Å². The van der Waals surface area contributed by atoms with Crippen LogP contribution in [0.5, 0.6) is 5.75 Å². The molecule has 3 rings (SSSR count).